The van der Waals surface area contributed by atoms with Crippen LogP contribution < -0.4 is 5.32 Å². The van der Waals surface area contributed by atoms with Gasteiger partial charge in [0.25, 0.3) is 0 Å². The van der Waals surface area contributed by atoms with E-state index in [4.69, 9.17) is 11.6 Å². The van der Waals surface area contributed by atoms with Gasteiger partial charge in [-0.1, -0.05) is 11.6 Å². The Hall–Kier alpha value is -1.66. The Balaban J connectivity index is 2.63. The number of hydrogen-bond donors (Lipinski definition) is 1. The van der Waals surface area contributed by atoms with Crippen molar-refractivity contribution < 1.29 is 14.3 Å². The predicted octanol–water partition coefficient (Wildman–Crippen LogP) is 1.56. The number of ether oxygens (including phenoxy) is 1. The van der Waals surface area contributed by atoms with Crippen LogP contribution in [0, 0.1) is 0 Å². The maximum absolute atomic E-state index is 12.0. The van der Waals surface area contributed by atoms with Crippen molar-refractivity contribution in [2.75, 3.05) is 25.5 Å². The predicted molar refractivity (Wildman–Crippen MR) is 76.6 cm³/mol. The van der Waals surface area contributed by atoms with Gasteiger partial charge in [-0.2, -0.15) is 0 Å². The highest BCUT2D eigenvalue weighted by Gasteiger charge is 2.18. The zero-order valence-corrected chi connectivity index (χ0v) is 12.5. The molecular weight excluding hydrogens is 282 g/mol. The molecule has 1 amide bonds. The maximum atomic E-state index is 12.0. The van der Waals surface area contributed by atoms with Crippen LogP contribution in [0.15, 0.2) is 18.3 Å². The molecule has 0 saturated heterocycles. The van der Waals surface area contributed by atoms with E-state index < -0.39 is 0 Å². The second-order valence-corrected chi connectivity index (χ2v) is 4.82. The topological polar surface area (TPSA) is 71.5 Å². The zero-order chi connectivity index (χ0) is 15.1. The van der Waals surface area contributed by atoms with Gasteiger partial charge in [0.05, 0.1) is 25.9 Å². The summed E-state index contributed by atoms with van der Waals surface area (Å²) in [5.41, 5.74) is 0.445. The quantitative estimate of drug-likeness (QED) is 0.637. The fourth-order valence-electron chi connectivity index (χ4n) is 1.50. The molecule has 0 fully saturated rings. The van der Waals surface area contributed by atoms with Gasteiger partial charge < -0.3 is 10.1 Å². The molecule has 0 aliphatic heterocycles. The highest BCUT2D eigenvalue weighted by atomic mass is 35.5. The van der Waals surface area contributed by atoms with E-state index >= 15 is 0 Å². The molecule has 0 aliphatic rings. The Bertz CT molecular complexity index is 480. The largest absolute Gasteiger partial charge is 0.468 e. The molecule has 0 bridgehead atoms. The number of nitrogens with zero attached hydrogens (tertiary/aromatic N) is 2. The van der Waals surface area contributed by atoms with Crippen LogP contribution in [0.1, 0.15) is 13.8 Å². The highest BCUT2D eigenvalue weighted by molar-refractivity contribution is 6.32. The van der Waals surface area contributed by atoms with E-state index in [1.165, 1.54) is 13.3 Å². The summed E-state index contributed by atoms with van der Waals surface area (Å²) < 4.78 is 4.61. The van der Waals surface area contributed by atoms with Crippen molar-refractivity contribution in [2.24, 2.45) is 0 Å². The van der Waals surface area contributed by atoms with E-state index in [-0.39, 0.29) is 36.2 Å². The Kier molecular flexibility index (Phi) is 6.41. The molecule has 0 spiro atoms. The van der Waals surface area contributed by atoms with E-state index in [9.17, 15) is 9.59 Å². The third kappa shape index (κ3) is 5.14. The standard InChI is InChI=1S/C13H18ClN3O3/c1-9(2)17(8-12(19)20-3)7-11(18)16-10-5-4-6-15-13(10)14/h4-6,9H,7-8H2,1-3H3,(H,16,18). The number of pyridine rings is 1. The molecule has 6 nitrogen and oxygen atoms in total. The molecule has 0 radical (unpaired) electrons. The summed E-state index contributed by atoms with van der Waals surface area (Å²) in [5.74, 6) is -0.650. The van der Waals surface area contributed by atoms with E-state index in [0.29, 0.717) is 5.69 Å². The van der Waals surface area contributed by atoms with Gasteiger partial charge in [-0.25, -0.2) is 4.98 Å². The first-order valence-corrected chi connectivity index (χ1v) is 6.53. The van der Waals surface area contributed by atoms with E-state index in [1.807, 2.05) is 13.8 Å². The summed E-state index contributed by atoms with van der Waals surface area (Å²) >= 11 is 5.86. The van der Waals surface area contributed by atoms with Crippen LogP contribution in [0.3, 0.4) is 0 Å². The molecule has 1 N–H and O–H groups in total. The first-order valence-electron chi connectivity index (χ1n) is 6.15. The summed E-state index contributed by atoms with van der Waals surface area (Å²) in [4.78, 5) is 28.8. The van der Waals surface area contributed by atoms with Crippen molar-refractivity contribution in [2.45, 2.75) is 19.9 Å². The lowest BCUT2D eigenvalue weighted by Crippen LogP contribution is -2.41. The monoisotopic (exact) mass is 299 g/mol. The van der Waals surface area contributed by atoms with Crippen LogP contribution in [-0.2, 0) is 14.3 Å². The van der Waals surface area contributed by atoms with Crippen LogP contribution in [0.2, 0.25) is 5.15 Å². The first kappa shape index (κ1) is 16.4. The lowest BCUT2D eigenvalue weighted by atomic mass is 10.3. The van der Waals surface area contributed by atoms with Crippen molar-refractivity contribution in [3.8, 4) is 0 Å². The minimum Gasteiger partial charge on any atom is -0.468 e. The summed E-state index contributed by atoms with van der Waals surface area (Å²) in [6, 6.07) is 3.37. The average molecular weight is 300 g/mol. The maximum Gasteiger partial charge on any atom is 0.319 e. The van der Waals surface area contributed by atoms with Gasteiger partial charge in [0, 0.05) is 12.2 Å². The van der Waals surface area contributed by atoms with Gasteiger partial charge in [0.15, 0.2) is 5.15 Å². The summed E-state index contributed by atoms with van der Waals surface area (Å²) in [5, 5.41) is 2.89. The molecular formula is C13H18ClN3O3. The number of amides is 1. The second kappa shape index (κ2) is 7.81. The summed E-state index contributed by atoms with van der Waals surface area (Å²) in [6.45, 7) is 3.92. The number of carbonyl (C=O) groups is 2. The van der Waals surface area contributed by atoms with Crippen molar-refractivity contribution >= 4 is 29.2 Å². The molecule has 1 rings (SSSR count). The molecule has 0 unspecified atom stereocenters. The highest BCUT2D eigenvalue weighted by Crippen LogP contribution is 2.17. The summed E-state index contributed by atoms with van der Waals surface area (Å²) in [6.07, 6.45) is 1.54. The lowest BCUT2D eigenvalue weighted by molar-refractivity contribution is -0.142. The van der Waals surface area contributed by atoms with Crippen molar-refractivity contribution in [1.29, 1.82) is 0 Å². The SMILES string of the molecule is COC(=O)CN(CC(=O)Nc1cccnc1Cl)C(C)C. The third-order valence-corrected chi connectivity index (χ3v) is 2.97. The normalized spacial score (nSPS) is 10.7. The molecule has 0 saturated carbocycles. The number of methoxy groups -OCH3 is 1. The molecule has 0 atom stereocenters. The van der Waals surface area contributed by atoms with Gasteiger partial charge in [-0.3, -0.25) is 14.5 Å². The number of esters is 1. The molecule has 1 aromatic rings. The fraction of sp³-hybridized carbons (Fsp3) is 0.462. The first-order chi connectivity index (χ1) is 9.43. The lowest BCUT2D eigenvalue weighted by Gasteiger charge is -2.24. The Labute approximate surface area is 123 Å². The van der Waals surface area contributed by atoms with Crippen LogP contribution in [0.25, 0.3) is 0 Å². The average Bonchev–Trinajstić information content (AvgIpc) is 2.40. The molecule has 0 aromatic carbocycles. The van der Waals surface area contributed by atoms with Crippen LogP contribution in [0.4, 0.5) is 5.69 Å². The fourth-order valence-corrected chi connectivity index (χ4v) is 1.67. The number of hydrogen-bond acceptors (Lipinski definition) is 5. The van der Waals surface area contributed by atoms with Gasteiger partial charge in [0.1, 0.15) is 0 Å². The number of aromatic nitrogens is 1. The van der Waals surface area contributed by atoms with Gasteiger partial charge in [-0.05, 0) is 26.0 Å². The Morgan fingerprint density at radius 2 is 2.15 bits per heavy atom. The molecule has 7 heteroatoms. The van der Waals surface area contributed by atoms with E-state index in [0.717, 1.165) is 0 Å². The third-order valence-electron chi connectivity index (χ3n) is 2.67. The molecule has 110 valence electrons. The zero-order valence-electron chi connectivity index (χ0n) is 11.7. The van der Waals surface area contributed by atoms with Crippen LogP contribution in [-0.4, -0.2) is 48.0 Å². The molecule has 1 heterocycles. The number of rotatable bonds is 6. The van der Waals surface area contributed by atoms with E-state index in [2.05, 4.69) is 15.0 Å². The minimum atomic E-state index is -0.383. The van der Waals surface area contributed by atoms with Gasteiger partial charge in [-0.15, -0.1) is 0 Å². The van der Waals surface area contributed by atoms with Gasteiger partial charge in [0.2, 0.25) is 5.91 Å². The number of carbonyl (C=O) groups excluding carboxylic acids is 2. The Morgan fingerprint density at radius 1 is 1.45 bits per heavy atom. The van der Waals surface area contributed by atoms with Gasteiger partial charge >= 0.3 is 5.97 Å². The smallest absolute Gasteiger partial charge is 0.319 e. The van der Waals surface area contributed by atoms with Crippen molar-refractivity contribution in [1.82, 2.24) is 9.88 Å². The van der Waals surface area contributed by atoms with Crippen molar-refractivity contribution in [3.05, 3.63) is 23.5 Å². The molecule has 20 heavy (non-hydrogen) atoms. The minimum absolute atomic E-state index is 0.0317. The second-order valence-electron chi connectivity index (χ2n) is 4.46. The van der Waals surface area contributed by atoms with Crippen LogP contribution in [0.5, 0.6) is 0 Å². The Morgan fingerprint density at radius 3 is 2.70 bits per heavy atom. The number of anilines is 1. The number of nitrogens with one attached hydrogen (secondary N) is 1. The summed E-state index contributed by atoms with van der Waals surface area (Å²) in [7, 11) is 1.32. The molecule has 1 aromatic heterocycles. The molecule has 0 aliphatic carbocycles. The van der Waals surface area contributed by atoms with E-state index in [1.54, 1.807) is 17.0 Å². The van der Waals surface area contributed by atoms with Crippen molar-refractivity contribution in [3.63, 3.8) is 0 Å². The van der Waals surface area contributed by atoms with Crippen LogP contribution >= 0.6 is 11.6 Å². The number of halogens is 1.